The minimum absolute atomic E-state index is 0.195. The van der Waals surface area contributed by atoms with Crippen molar-refractivity contribution in [2.45, 2.75) is 53.2 Å². The monoisotopic (exact) mass is 355 g/mol. The summed E-state index contributed by atoms with van der Waals surface area (Å²) < 4.78 is 5.41. The molecular weight excluding hydrogens is 330 g/mol. The van der Waals surface area contributed by atoms with Crippen LogP contribution in [0.25, 0.3) is 11.4 Å². The van der Waals surface area contributed by atoms with Crippen LogP contribution in [0, 0.1) is 13.8 Å². The zero-order valence-electron chi connectivity index (χ0n) is 16.0. The van der Waals surface area contributed by atoms with Crippen LogP contribution in [-0.4, -0.2) is 33.1 Å². The molecule has 0 aliphatic carbocycles. The SMILES string of the molecule is Cc1cccc(-c2nc3c(c(=O)[nH]2)CN(C(=O)OC(C)(C)C)CC3)c1C. The van der Waals surface area contributed by atoms with Gasteiger partial charge in [-0.25, -0.2) is 9.78 Å². The van der Waals surface area contributed by atoms with Gasteiger partial charge in [-0.2, -0.15) is 0 Å². The first-order chi connectivity index (χ1) is 12.2. The quantitative estimate of drug-likeness (QED) is 0.851. The Labute approximate surface area is 153 Å². The number of rotatable bonds is 1. The van der Waals surface area contributed by atoms with Crippen molar-refractivity contribution in [2.75, 3.05) is 6.54 Å². The van der Waals surface area contributed by atoms with Crippen molar-refractivity contribution in [3.05, 3.63) is 50.9 Å². The van der Waals surface area contributed by atoms with E-state index < -0.39 is 11.7 Å². The highest BCUT2D eigenvalue weighted by Gasteiger charge is 2.28. The number of hydrogen-bond acceptors (Lipinski definition) is 4. The zero-order chi connectivity index (χ0) is 19.1. The smallest absolute Gasteiger partial charge is 0.410 e. The van der Waals surface area contributed by atoms with Crippen molar-refractivity contribution in [2.24, 2.45) is 0 Å². The summed E-state index contributed by atoms with van der Waals surface area (Å²) in [6, 6.07) is 5.96. The van der Waals surface area contributed by atoms with Gasteiger partial charge in [0.15, 0.2) is 0 Å². The average Bonchev–Trinajstić information content (AvgIpc) is 2.55. The fraction of sp³-hybridized carbons (Fsp3) is 0.450. The van der Waals surface area contributed by atoms with Gasteiger partial charge in [0.25, 0.3) is 5.56 Å². The van der Waals surface area contributed by atoms with Crippen LogP contribution in [0.2, 0.25) is 0 Å². The minimum Gasteiger partial charge on any atom is -0.444 e. The molecule has 1 aliphatic rings. The summed E-state index contributed by atoms with van der Waals surface area (Å²) in [5.74, 6) is 0.584. The van der Waals surface area contributed by atoms with E-state index in [2.05, 4.69) is 9.97 Å². The van der Waals surface area contributed by atoms with Gasteiger partial charge < -0.3 is 14.6 Å². The number of fused-ring (bicyclic) bond motifs is 1. The van der Waals surface area contributed by atoms with Crippen LogP contribution in [0.15, 0.2) is 23.0 Å². The number of H-pyrrole nitrogens is 1. The summed E-state index contributed by atoms with van der Waals surface area (Å²) in [5, 5.41) is 0. The highest BCUT2D eigenvalue weighted by molar-refractivity contribution is 5.68. The van der Waals surface area contributed by atoms with Crippen LogP contribution >= 0.6 is 0 Å². The molecule has 0 atom stereocenters. The largest absolute Gasteiger partial charge is 0.444 e. The van der Waals surface area contributed by atoms with Gasteiger partial charge in [-0.05, 0) is 45.7 Å². The number of carbonyl (C=O) groups excluding carboxylic acids is 1. The number of aromatic nitrogens is 2. The lowest BCUT2D eigenvalue weighted by atomic mass is 10.0. The van der Waals surface area contributed by atoms with Crippen molar-refractivity contribution >= 4 is 6.09 Å². The first kappa shape index (κ1) is 18.2. The van der Waals surface area contributed by atoms with Gasteiger partial charge in [-0.15, -0.1) is 0 Å². The van der Waals surface area contributed by atoms with Crippen LogP contribution in [0.5, 0.6) is 0 Å². The number of hydrogen-bond donors (Lipinski definition) is 1. The van der Waals surface area contributed by atoms with E-state index in [4.69, 9.17) is 4.74 Å². The van der Waals surface area contributed by atoms with Gasteiger partial charge >= 0.3 is 6.09 Å². The molecule has 0 saturated heterocycles. The Kier molecular flexibility index (Phi) is 4.61. The first-order valence-corrected chi connectivity index (χ1v) is 8.82. The van der Waals surface area contributed by atoms with Crippen molar-refractivity contribution in [3.8, 4) is 11.4 Å². The number of nitrogens with zero attached hydrogens (tertiary/aromatic N) is 2. The maximum Gasteiger partial charge on any atom is 0.410 e. The van der Waals surface area contributed by atoms with Crippen molar-refractivity contribution < 1.29 is 9.53 Å². The van der Waals surface area contributed by atoms with Crippen molar-refractivity contribution in [3.63, 3.8) is 0 Å². The van der Waals surface area contributed by atoms with Crippen LogP contribution in [0.3, 0.4) is 0 Å². The number of nitrogens with one attached hydrogen (secondary N) is 1. The molecule has 0 fully saturated rings. The molecule has 2 aromatic rings. The van der Waals surface area contributed by atoms with Gasteiger partial charge in [-0.3, -0.25) is 4.79 Å². The highest BCUT2D eigenvalue weighted by Crippen LogP contribution is 2.24. The summed E-state index contributed by atoms with van der Waals surface area (Å²) in [6.45, 7) is 10.3. The molecule has 1 aromatic carbocycles. The zero-order valence-corrected chi connectivity index (χ0v) is 16.0. The Balaban J connectivity index is 1.91. The number of aryl methyl sites for hydroxylation is 1. The second-order valence-electron chi connectivity index (χ2n) is 7.74. The van der Waals surface area contributed by atoms with E-state index in [1.165, 1.54) is 0 Å². The Bertz CT molecular complexity index is 909. The molecule has 138 valence electrons. The summed E-state index contributed by atoms with van der Waals surface area (Å²) in [7, 11) is 0. The Morgan fingerprint density at radius 1 is 1.27 bits per heavy atom. The minimum atomic E-state index is -0.561. The number of benzene rings is 1. The van der Waals surface area contributed by atoms with E-state index in [9.17, 15) is 9.59 Å². The van der Waals surface area contributed by atoms with Crippen LogP contribution in [-0.2, 0) is 17.7 Å². The highest BCUT2D eigenvalue weighted by atomic mass is 16.6. The summed E-state index contributed by atoms with van der Waals surface area (Å²) in [6.07, 6.45) is 0.136. The van der Waals surface area contributed by atoms with E-state index in [1.54, 1.807) is 4.90 Å². The van der Waals surface area contributed by atoms with E-state index in [-0.39, 0.29) is 12.1 Å². The van der Waals surface area contributed by atoms with Gasteiger partial charge in [0.05, 0.1) is 17.8 Å². The number of amides is 1. The molecule has 2 heterocycles. The third-order valence-electron chi connectivity index (χ3n) is 4.58. The molecule has 3 rings (SSSR count). The molecule has 1 aromatic heterocycles. The third kappa shape index (κ3) is 3.64. The summed E-state index contributed by atoms with van der Waals surface area (Å²) in [5.41, 5.74) is 3.72. The lowest BCUT2D eigenvalue weighted by molar-refractivity contribution is 0.0222. The molecule has 0 unspecified atom stereocenters. The molecule has 1 amide bonds. The summed E-state index contributed by atoms with van der Waals surface area (Å²) >= 11 is 0. The molecule has 6 nitrogen and oxygen atoms in total. The molecule has 1 aliphatic heterocycles. The molecule has 0 radical (unpaired) electrons. The van der Waals surface area contributed by atoms with Gasteiger partial charge in [0.2, 0.25) is 0 Å². The molecule has 26 heavy (non-hydrogen) atoms. The maximum absolute atomic E-state index is 12.6. The van der Waals surface area contributed by atoms with E-state index >= 15 is 0 Å². The van der Waals surface area contributed by atoms with Crippen LogP contribution < -0.4 is 5.56 Å². The molecule has 0 bridgehead atoms. The number of aromatic amines is 1. The molecule has 1 N–H and O–H groups in total. The second-order valence-corrected chi connectivity index (χ2v) is 7.74. The lowest BCUT2D eigenvalue weighted by Crippen LogP contribution is -2.42. The molecular formula is C20H25N3O3. The van der Waals surface area contributed by atoms with E-state index in [0.29, 0.717) is 24.4 Å². The molecule has 6 heteroatoms. The number of carbonyl (C=O) groups is 1. The number of ether oxygens (including phenoxy) is 1. The van der Waals surface area contributed by atoms with Gasteiger partial charge in [-0.1, -0.05) is 18.2 Å². The van der Waals surface area contributed by atoms with Gasteiger partial charge in [0.1, 0.15) is 11.4 Å². The predicted octanol–water partition coefficient (Wildman–Crippen LogP) is 3.35. The maximum atomic E-state index is 12.6. The average molecular weight is 355 g/mol. The van der Waals surface area contributed by atoms with E-state index in [0.717, 1.165) is 22.4 Å². The lowest BCUT2D eigenvalue weighted by Gasteiger charge is -2.30. The normalized spacial score (nSPS) is 14.1. The standard InChI is InChI=1S/C20H25N3O3/c1-12-7-6-8-14(13(12)2)17-21-16-9-10-23(11-15(16)18(24)22-17)19(25)26-20(3,4)5/h6-8H,9-11H2,1-5H3,(H,21,22,24). The van der Waals surface area contributed by atoms with Crippen LogP contribution in [0.1, 0.15) is 43.2 Å². The Morgan fingerprint density at radius 2 is 2.00 bits per heavy atom. The predicted molar refractivity (Wildman–Crippen MR) is 100 cm³/mol. The fourth-order valence-electron chi connectivity index (χ4n) is 3.04. The van der Waals surface area contributed by atoms with Crippen LogP contribution in [0.4, 0.5) is 4.79 Å². The van der Waals surface area contributed by atoms with Gasteiger partial charge in [0, 0.05) is 18.5 Å². The van der Waals surface area contributed by atoms with Crippen molar-refractivity contribution in [1.82, 2.24) is 14.9 Å². The molecule has 0 saturated carbocycles. The summed E-state index contributed by atoms with van der Waals surface area (Å²) in [4.78, 5) is 34.0. The fourth-order valence-corrected chi connectivity index (χ4v) is 3.04. The Morgan fingerprint density at radius 3 is 2.69 bits per heavy atom. The topological polar surface area (TPSA) is 75.3 Å². The first-order valence-electron chi connectivity index (χ1n) is 8.82. The van der Waals surface area contributed by atoms with E-state index in [1.807, 2.05) is 52.8 Å². The third-order valence-corrected chi connectivity index (χ3v) is 4.58. The Hall–Kier alpha value is -2.63. The van der Waals surface area contributed by atoms with Crippen molar-refractivity contribution in [1.29, 1.82) is 0 Å². The molecule has 0 spiro atoms. The second kappa shape index (κ2) is 6.59.